The molecule has 0 saturated carbocycles. The Hall–Kier alpha value is -1.79. The maximum absolute atomic E-state index is 11.8. The van der Waals surface area contributed by atoms with E-state index in [4.69, 9.17) is 5.11 Å². The van der Waals surface area contributed by atoms with E-state index in [-0.39, 0.29) is 19.0 Å². The molecule has 0 aromatic rings. The molecule has 1 N–H and O–H groups in total. The standard InChI is InChI=1S/C10H19N3O4/c1-5-13(6-8(14)11(2)3)10(17)12(4)7-9(15)16/h5-7H2,1-4H3,(H,15,16). The molecule has 0 heterocycles. The van der Waals surface area contributed by atoms with Gasteiger partial charge in [0.05, 0.1) is 0 Å². The predicted molar refractivity (Wildman–Crippen MR) is 61.6 cm³/mol. The van der Waals surface area contributed by atoms with Gasteiger partial charge in [0.25, 0.3) is 0 Å². The Kier molecular flexibility index (Phi) is 6.01. The summed E-state index contributed by atoms with van der Waals surface area (Å²) in [5.74, 6) is -1.29. The Morgan fingerprint density at radius 1 is 1.06 bits per heavy atom. The lowest BCUT2D eigenvalue weighted by molar-refractivity contribution is -0.137. The molecule has 0 aliphatic rings. The maximum Gasteiger partial charge on any atom is 0.323 e. The van der Waals surface area contributed by atoms with E-state index in [0.717, 1.165) is 4.90 Å². The Balaban J connectivity index is 4.50. The van der Waals surface area contributed by atoms with Gasteiger partial charge in [-0.1, -0.05) is 0 Å². The zero-order valence-corrected chi connectivity index (χ0v) is 10.6. The smallest absolute Gasteiger partial charge is 0.323 e. The summed E-state index contributed by atoms with van der Waals surface area (Å²) in [6, 6.07) is -0.467. The fraction of sp³-hybridized carbons (Fsp3) is 0.700. The second kappa shape index (κ2) is 6.72. The molecule has 0 unspecified atom stereocenters. The number of aliphatic carboxylic acids is 1. The van der Waals surface area contributed by atoms with Gasteiger partial charge in [0.2, 0.25) is 5.91 Å². The average Bonchev–Trinajstić information content (AvgIpc) is 2.23. The van der Waals surface area contributed by atoms with Crippen LogP contribution in [0.3, 0.4) is 0 Å². The minimum Gasteiger partial charge on any atom is -0.480 e. The third-order valence-electron chi connectivity index (χ3n) is 2.18. The summed E-state index contributed by atoms with van der Waals surface area (Å²) in [4.78, 5) is 37.5. The largest absolute Gasteiger partial charge is 0.480 e. The molecular weight excluding hydrogens is 226 g/mol. The first kappa shape index (κ1) is 15.2. The van der Waals surface area contributed by atoms with Gasteiger partial charge >= 0.3 is 12.0 Å². The molecular formula is C10H19N3O4. The number of carbonyl (C=O) groups excluding carboxylic acids is 2. The first-order valence-electron chi connectivity index (χ1n) is 5.21. The molecule has 0 spiro atoms. The fourth-order valence-electron chi connectivity index (χ4n) is 1.13. The van der Waals surface area contributed by atoms with Crippen LogP contribution in [0.5, 0.6) is 0 Å². The number of carboxylic acid groups (broad SMARTS) is 1. The molecule has 0 saturated heterocycles. The van der Waals surface area contributed by atoms with Crippen molar-refractivity contribution in [3.05, 3.63) is 0 Å². The third-order valence-corrected chi connectivity index (χ3v) is 2.18. The van der Waals surface area contributed by atoms with Crippen LogP contribution in [-0.4, -0.2) is 78.5 Å². The molecule has 98 valence electrons. The second-order valence-corrected chi connectivity index (χ2v) is 3.83. The highest BCUT2D eigenvalue weighted by atomic mass is 16.4. The van der Waals surface area contributed by atoms with E-state index < -0.39 is 12.0 Å². The van der Waals surface area contributed by atoms with E-state index in [1.54, 1.807) is 21.0 Å². The van der Waals surface area contributed by atoms with Gasteiger partial charge in [0.1, 0.15) is 13.1 Å². The summed E-state index contributed by atoms with van der Waals surface area (Å²) in [7, 11) is 4.59. The summed E-state index contributed by atoms with van der Waals surface area (Å²) in [5.41, 5.74) is 0. The molecule has 0 aromatic heterocycles. The van der Waals surface area contributed by atoms with Gasteiger partial charge in [0, 0.05) is 27.7 Å². The van der Waals surface area contributed by atoms with Crippen LogP contribution in [0.15, 0.2) is 0 Å². The highest BCUT2D eigenvalue weighted by Crippen LogP contribution is 1.98. The van der Waals surface area contributed by atoms with Crippen molar-refractivity contribution >= 4 is 17.9 Å². The van der Waals surface area contributed by atoms with Crippen molar-refractivity contribution in [1.29, 1.82) is 0 Å². The molecule has 3 amide bonds. The lowest BCUT2D eigenvalue weighted by atomic mass is 10.4. The molecule has 0 bridgehead atoms. The first-order chi connectivity index (χ1) is 7.79. The van der Waals surface area contributed by atoms with Crippen molar-refractivity contribution < 1.29 is 19.5 Å². The van der Waals surface area contributed by atoms with Crippen molar-refractivity contribution in [2.45, 2.75) is 6.92 Å². The van der Waals surface area contributed by atoms with Gasteiger partial charge in [-0.05, 0) is 6.92 Å². The van der Waals surface area contributed by atoms with Crippen molar-refractivity contribution in [1.82, 2.24) is 14.7 Å². The first-order valence-corrected chi connectivity index (χ1v) is 5.21. The minimum atomic E-state index is -1.09. The minimum absolute atomic E-state index is 0.0493. The lowest BCUT2D eigenvalue weighted by Gasteiger charge is -2.26. The number of amides is 3. The van der Waals surface area contributed by atoms with Crippen LogP contribution in [0.25, 0.3) is 0 Å². The number of hydrogen-bond acceptors (Lipinski definition) is 3. The number of urea groups is 1. The number of carboxylic acids is 1. The van der Waals surface area contributed by atoms with E-state index in [9.17, 15) is 14.4 Å². The van der Waals surface area contributed by atoms with Crippen molar-refractivity contribution in [2.24, 2.45) is 0 Å². The Morgan fingerprint density at radius 3 is 1.94 bits per heavy atom. The average molecular weight is 245 g/mol. The molecule has 0 aliphatic carbocycles. The number of carbonyl (C=O) groups is 3. The molecule has 7 heteroatoms. The summed E-state index contributed by atoms with van der Waals surface area (Å²) >= 11 is 0. The zero-order valence-electron chi connectivity index (χ0n) is 10.6. The van der Waals surface area contributed by atoms with Gasteiger partial charge in [0.15, 0.2) is 0 Å². The van der Waals surface area contributed by atoms with E-state index in [1.807, 2.05) is 0 Å². The Bertz CT molecular complexity index is 304. The second-order valence-electron chi connectivity index (χ2n) is 3.83. The third kappa shape index (κ3) is 5.19. The SMILES string of the molecule is CCN(CC(=O)N(C)C)C(=O)N(C)CC(=O)O. The number of nitrogens with zero attached hydrogens (tertiary/aromatic N) is 3. The predicted octanol–water partition coefficient (Wildman–Crippen LogP) is -0.467. The van der Waals surface area contributed by atoms with Crippen LogP contribution in [0.2, 0.25) is 0 Å². The summed E-state index contributed by atoms with van der Waals surface area (Å²) in [5, 5.41) is 8.57. The van der Waals surface area contributed by atoms with Gasteiger partial charge in [-0.2, -0.15) is 0 Å². The van der Waals surface area contributed by atoms with Crippen LogP contribution in [0.4, 0.5) is 4.79 Å². The number of likely N-dealkylation sites (N-methyl/N-ethyl adjacent to an activating group) is 3. The molecule has 0 fully saturated rings. The van der Waals surface area contributed by atoms with E-state index in [1.165, 1.54) is 16.8 Å². The van der Waals surface area contributed by atoms with Crippen LogP contribution in [-0.2, 0) is 9.59 Å². The quantitative estimate of drug-likeness (QED) is 0.710. The van der Waals surface area contributed by atoms with Crippen LogP contribution >= 0.6 is 0 Å². The highest BCUT2D eigenvalue weighted by molar-refractivity contribution is 5.85. The van der Waals surface area contributed by atoms with Gasteiger partial charge < -0.3 is 19.8 Å². The number of hydrogen-bond donors (Lipinski definition) is 1. The normalized spacial score (nSPS) is 9.65. The maximum atomic E-state index is 11.8. The molecule has 0 radical (unpaired) electrons. The molecule has 0 aliphatic heterocycles. The van der Waals surface area contributed by atoms with Crippen LogP contribution in [0.1, 0.15) is 6.92 Å². The molecule has 7 nitrogen and oxygen atoms in total. The fourth-order valence-corrected chi connectivity index (χ4v) is 1.13. The van der Waals surface area contributed by atoms with Gasteiger partial charge in [-0.15, -0.1) is 0 Å². The van der Waals surface area contributed by atoms with Gasteiger partial charge in [-0.25, -0.2) is 4.79 Å². The highest BCUT2D eigenvalue weighted by Gasteiger charge is 2.21. The Labute approximate surface area is 101 Å². The summed E-state index contributed by atoms with van der Waals surface area (Å²) in [6.45, 7) is 1.65. The Morgan fingerprint density at radius 2 is 1.59 bits per heavy atom. The molecule has 0 rings (SSSR count). The molecule has 0 atom stereocenters. The van der Waals surface area contributed by atoms with E-state index in [0.29, 0.717) is 6.54 Å². The topological polar surface area (TPSA) is 81.2 Å². The zero-order chi connectivity index (χ0) is 13.6. The monoisotopic (exact) mass is 245 g/mol. The van der Waals surface area contributed by atoms with Crippen molar-refractivity contribution in [2.75, 3.05) is 40.8 Å². The van der Waals surface area contributed by atoms with E-state index in [2.05, 4.69) is 0 Å². The molecule has 17 heavy (non-hydrogen) atoms. The van der Waals surface area contributed by atoms with Crippen molar-refractivity contribution in [3.63, 3.8) is 0 Å². The summed E-state index contributed by atoms with van der Waals surface area (Å²) < 4.78 is 0. The lowest BCUT2D eigenvalue weighted by Crippen LogP contribution is -2.47. The van der Waals surface area contributed by atoms with Crippen LogP contribution in [0, 0.1) is 0 Å². The number of rotatable bonds is 5. The summed E-state index contributed by atoms with van der Waals surface area (Å²) in [6.07, 6.45) is 0. The van der Waals surface area contributed by atoms with Crippen LogP contribution < -0.4 is 0 Å². The van der Waals surface area contributed by atoms with E-state index >= 15 is 0 Å². The van der Waals surface area contributed by atoms with Gasteiger partial charge in [-0.3, -0.25) is 9.59 Å². The van der Waals surface area contributed by atoms with Crippen molar-refractivity contribution in [3.8, 4) is 0 Å². The molecule has 0 aromatic carbocycles.